The number of aliphatic hydroxyl groups is 1. The average Bonchev–Trinajstić information content (AvgIpc) is 2.82. The second-order valence-corrected chi connectivity index (χ2v) is 9.50. The van der Waals surface area contributed by atoms with E-state index in [0.29, 0.717) is 0 Å². The van der Waals surface area contributed by atoms with Gasteiger partial charge >= 0.3 is 29.7 Å². The van der Waals surface area contributed by atoms with Gasteiger partial charge in [-0.05, 0) is 0 Å². The summed E-state index contributed by atoms with van der Waals surface area (Å²) >= 11 is 0. The number of nitrogens with one attached hydrogen (secondary N) is 1. The summed E-state index contributed by atoms with van der Waals surface area (Å²) in [5.41, 5.74) is -1.55. The molecule has 1 saturated heterocycles. The molecule has 0 bridgehead atoms. The van der Waals surface area contributed by atoms with Crippen LogP contribution in [-0.2, 0) is 31.6 Å². The number of phosphoric ester groups is 1. The van der Waals surface area contributed by atoms with Crippen molar-refractivity contribution < 1.29 is 80.2 Å². The van der Waals surface area contributed by atoms with Crippen LogP contribution < -0.4 is 30.8 Å². The molecule has 1 aromatic heterocycles. The first kappa shape index (κ1) is 26.8. The number of rotatable bonds is 8. The standard InChI is InChI=1S/C9H15N2O14P3.I/c12-5-3-8(11-2-1-7(13)10-9(11)14)23-6(5)4-22-27(18,19)25-28(20,21)24-26(15,16)17;/h1-2,5-6,8,12H,3-4H2,(H,18,19)(H,20,21)(H,10,13,14)(H2,15,16,17);/q;+4/p-4/t5-,6+,8+;/m0./s1. The van der Waals surface area contributed by atoms with E-state index in [1.54, 1.807) is 0 Å². The van der Waals surface area contributed by atoms with Crippen LogP contribution in [0.5, 0.6) is 0 Å². The Kier molecular flexibility index (Phi) is 9.15. The molecule has 3 radical (unpaired) electrons. The van der Waals surface area contributed by atoms with Crippen LogP contribution in [0.1, 0.15) is 12.6 Å². The van der Waals surface area contributed by atoms with Crippen LogP contribution >= 0.6 is 23.5 Å². The first-order chi connectivity index (χ1) is 12.7. The maximum absolute atomic E-state index is 11.7. The molecule has 16 nitrogen and oxygen atoms in total. The van der Waals surface area contributed by atoms with E-state index >= 15 is 0 Å². The predicted molar refractivity (Wildman–Crippen MR) is 76.8 cm³/mol. The van der Waals surface area contributed by atoms with E-state index in [-0.39, 0.29) is 30.4 Å². The minimum Gasteiger partial charge on any atom is -0.790 e. The van der Waals surface area contributed by atoms with Crippen LogP contribution in [0.3, 0.4) is 0 Å². The van der Waals surface area contributed by atoms with E-state index < -0.39 is 59.8 Å². The van der Waals surface area contributed by atoms with Crippen molar-refractivity contribution in [2.45, 2.75) is 24.9 Å². The van der Waals surface area contributed by atoms with Crippen LogP contribution in [0.15, 0.2) is 21.9 Å². The number of aliphatic hydroxyl groups excluding tert-OH is 1. The Labute approximate surface area is 177 Å². The molecular weight excluding hydrogens is 580 g/mol. The molecule has 2 rings (SSSR count). The minimum atomic E-state index is -6.11. The predicted octanol–water partition coefficient (Wildman–Crippen LogP) is -4.00. The Balaban J connectivity index is 0.00000420. The van der Waals surface area contributed by atoms with Crippen molar-refractivity contribution in [2.24, 2.45) is 0 Å². The van der Waals surface area contributed by atoms with E-state index in [9.17, 15) is 48.0 Å². The number of aromatic amines is 1. The van der Waals surface area contributed by atoms with Crippen molar-refractivity contribution in [1.29, 1.82) is 0 Å². The zero-order valence-corrected chi connectivity index (χ0v) is 18.6. The molecule has 0 aliphatic carbocycles. The number of H-pyrrole nitrogens is 1. The Morgan fingerprint density at radius 2 is 1.79 bits per heavy atom. The maximum atomic E-state index is 11.7. The fourth-order valence-electron chi connectivity index (χ4n) is 2.14. The fraction of sp³-hybridized carbons (Fsp3) is 0.556. The summed E-state index contributed by atoms with van der Waals surface area (Å²) in [6, 6.07) is 0.997. The van der Waals surface area contributed by atoms with Crippen LogP contribution in [-0.4, -0.2) is 33.5 Å². The third kappa shape index (κ3) is 8.41. The summed E-state index contributed by atoms with van der Waals surface area (Å²) in [6.07, 6.45) is -3.02. The number of hydrogen-bond acceptors (Lipinski definition) is 14. The number of ether oxygens (including phenoxy) is 1. The summed E-state index contributed by atoms with van der Waals surface area (Å²) in [6.45, 7) is -0.997. The van der Waals surface area contributed by atoms with Gasteiger partial charge in [-0.2, -0.15) is 0 Å². The number of nitrogens with zero attached hydrogens (tertiary/aromatic N) is 1. The second kappa shape index (κ2) is 9.91. The second-order valence-electron chi connectivity index (χ2n) is 5.25. The number of hydrogen-bond donors (Lipinski definition) is 2. The minimum absolute atomic E-state index is 0. The first-order valence-electron chi connectivity index (χ1n) is 7.04. The molecule has 163 valence electrons. The third-order valence-corrected chi connectivity index (χ3v) is 6.83. The molecule has 1 aliphatic rings. The van der Waals surface area contributed by atoms with E-state index in [0.717, 1.165) is 16.8 Å². The molecule has 0 saturated carbocycles. The molecule has 2 N–H and O–H groups in total. The molecule has 20 heteroatoms. The summed E-state index contributed by atoms with van der Waals surface area (Å²) in [5.74, 6) is 0. The molecule has 2 unspecified atom stereocenters. The zero-order valence-electron chi connectivity index (χ0n) is 13.7. The van der Waals surface area contributed by atoms with Crippen molar-refractivity contribution in [3.05, 3.63) is 33.1 Å². The molecule has 29 heavy (non-hydrogen) atoms. The van der Waals surface area contributed by atoms with Gasteiger partial charge in [0.1, 0.15) is 12.3 Å². The number of aromatic nitrogens is 2. The van der Waals surface area contributed by atoms with Gasteiger partial charge < -0.3 is 38.5 Å². The smallest absolute Gasteiger partial charge is 0.790 e. The van der Waals surface area contributed by atoms with Crippen LogP contribution in [0.2, 0.25) is 0 Å². The Hall–Kier alpha value is -0.260. The van der Waals surface area contributed by atoms with Gasteiger partial charge in [-0.15, -0.1) is 0 Å². The van der Waals surface area contributed by atoms with Crippen molar-refractivity contribution in [1.82, 2.24) is 9.55 Å². The van der Waals surface area contributed by atoms with E-state index in [2.05, 4.69) is 13.1 Å². The fourth-order valence-corrected chi connectivity index (χ4v) is 5.00. The monoisotopic (exact) mass is 591 g/mol. The third-order valence-electron chi connectivity index (χ3n) is 3.16. The van der Waals surface area contributed by atoms with Crippen molar-refractivity contribution >= 4 is 23.5 Å². The molecule has 0 aromatic carbocycles. The quantitative estimate of drug-likeness (QED) is 0.216. The van der Waals surface area contributed by atoms with Crippen molar-refractivity contribution in [2.75, 3.05) is 6.61 Å². The summed E-state index contributed by atoms with van der Waals surface area (Å²) < 4.78 is 49.4. The van der Waals surface area contributed by atoms with Crippen molar-refractivity contribution in [3.8, 4) is 0 Å². The SMILES string of the molecule is O=c1ccn([C@H]2C[C@H](O)[C@@H](COP(=O)([O-])OP(=O)([O-])OP(=O)([O-])[O-])O2)c(=O)[nH]1.[I+4]. The summed E-state index contributed by atoms with van der Waals surface area (Å²) in [5, 5.41) is 9.86. The topological polar surface area (TPSA) is 255 Å². The van der Waals surface area contributed by atoms with Crippen LogP contribution in [0.25, 0.3) is 0 Å². The van der Waals surface area contributed by atoms with Crippen molar-refractivity contribution in [3.63, 3.8) is 0 Å². The van der Waals surface area contributed by atoms with E-state index in [1.807, 2.05) is 4.98 Å². The van der Waals surface area contributed by atoms with Gasteiger partial charge in [0.05, 0.1) is 20.5 Å². The van der Waals surface area contributed by atoms with Gasteiger partial charge in [-0.3, -0.25) is 27.8 Å². The molecule has 0 amide bonds. The van der Waals surface area contributed by atoms with E-state index in [1.165, 1.54) is 0 Å². The molecule has 2 heterocycles. The Morgan fingerprint density at radius 1 is 1.17 bits per heavy atom. The number of halogens is 1. The maximum Gasteiger partial charge on any atom is 4.00 e. The van der Waals surface area contributed by atoms with Gasteiger partial charge in [0.2, 0.25) is 0 Å². The van der Waals surface area contributed by atoms with Crippen LogP contribution in [0.4, 0.5) is 0 Å². The van der Waals surface area contributed by atoms with E-state index in [4.69, 9.17) is 4.74 Å². The number of phosphoric acid groups is 3. The first-order valence-corrected chi connectivity index (χ1v) is 11.4. The van der Waals surface area contributed by atoms with Gasteiger partial charge in [0.15, 0.2) is 0 Å². The molecule has 1 fully saturated rings. The molecule has 1 aromatic rings. The average molecular weight is 591 g/mol. The molecule has 0 spiro atoms. The molecule has 1 aliphatic heterocycles. The zero-order chi connectivity index (χ0) is 21.3. The van der Waals surface area contributed by atoms with Gasteiger partial charge in [-0.1, -0.05) is 0 Å². The molecule has 5 atom stereocenters. The largest absolute Gasteiger partial charge is 4.00 e. The normalized spacial score (nSPS) is 26.3. The van der Waals surface area contributed by atoms with Gasteiger partial charge in [-0.25, -0.2) is 9.11 Å². The van der Waals surface area contributed by atoms with Gasteiger partial charge in [0.25, 0.3) is 21.2 Å². The van der Waals surface area contributed by atoms with Crippen LogP contribution in [0, 0.1) is 24.0 Å². The summed E-state index contributed by atoms with van der Waals surface area (Å²) in [4.78, 5) is 67.6. The van der Waals surface area contributed by atoms with Gasteiger partial charge in [0, 0.05) is 18.7 Å². The summed E-state index contributed by atoms with van der Waals surface area (Å²) in [7, 11) is -18.0. The Bertz CT molecular complexity index is 972. The Morgan fingerprint density at radius 3 is 2.34 bits per heavy atom. The molecular formula is C9H11IN2O14P3.